The zero-order valence-corrected chi connectivity index (χ0v) is 10.9. The molecular formula is C13H11N5O3. The molecule has 21 heavy (non-hydrogen) atoms. The average molecular weight is 285 g/mol. The third-order valence-electron chi connectivity index (χ3n) is 2.90. The summed E-state index contributed by atoms with van der Waals surface area (Å²) in [6, 6.07) is 6.49. The topological polar surface area (TPSA) is 114 Å². The molecule has 0 saturated heterocycles. The number of aromatic amines is 1. The highest BCUT2D eigenvalue weighted by atomic mass is 16.3. The van der Waals surface area contributed by atoms with Crippen LogP contribution in [0.5, 0.6) is 0 Å². The molecule has 106 valence electrons. The van der Waals surface area contributed by atoms with Gasteiger partial charge < -0.3 is 14.5 Å². The van der Waals surface area contributed by atoms with Crippen molar-refractivity contribution in [3.05, 3.63) is 34.5 Å². The van der Waals surface area contributed by atoms with Crippen LogP contribution >= 0.6 is 0 Å². The number of benzene rings is 1. The molecule has 0 amide bonds. The molecule has 2 heterocycles. The minimum Gasteiger partial charge on any atom is -0.452 e. The first-order valence-corrected chi connectivity index (χ1v) is 6.27. The predicted octanol–water partition coefficient (Wildman–Crippen LogP) is 0.974. The Hall–Kier alpha value is -3.03. The summed E-state index contributed by atoms with van der Waals surface area (Å²) in [6.45, 7) is 0.516. The van der Waals surface area contributed by atoms with Crippen molar-refractivity contribution in [2.45, 2.75) is 6.42 Å². The lowest BCUT2D eigenvalue weighted by molar-refractivity contribution is -0.107. The zero-order valence-electron chi connectivity index (χ0n) is 10.9. The molecule has 2 aromatic heterocycles. The number of hydrogen-bond donors (Lipinski definition) is 2. The van der Waals surface area contributed by atoms with Crippen molar-refractivity contribution in [3.63, 3.8) is 0 Å². The van der Waals surface area contributed by atoms with Gasteiger partial charge in [-0.2, -0.15) is 0 Å². The number of nitrogens with one attached hydrogen (secondary N) is 2. The first kappa shape index (κ1) is 13.0. The Morgan fingerprint density at radius 1 is 1.33 bits per heavy atom. The third kappa shape index (κ3) is 2.64. The number of anilines is 1. The van der Waals surface area contributed by atoms with Crippen molar-refractivity contribution >= 4 is 22.9 Å². The lowest BCUT2D eigenvalue weighted by Crippen LogP contribution is -2.04. The molecular weight excluding hydrogens is 274 g/mol. The predicted molar refractivity (Wildman–Crippen MR) is 74.8 cm³/mol. The summed E-state index contributed by atoms with van der Waals surface area (Å²) in [6.07, 6.45) is 1.24. The van der Waals surface area contributed by atoms with Gasteiger partial charge in [-0.15, -0.1) is 5.10 Å². The summed E-state index contributed by atoms with van der Waals surface area (Å²) in [5.41, 5.74) is 1.00. The highest BCUT2D eigenvalue weighted by Gasteiger charge is 2.10. The van der Waals surface area contributed by atoms with Crippen molar-refractivity contribution < 1.29 is 9.21 Å². The molecule has 0 unspecified atom stereocenters. The number of nitrogens with zero attached hydrogens (tertiary/aromatic N) is 3. The SMILES string of the molecule is O=CCCNc1ccc2oc(-c3nnn[nH]3)cc(=O)c2c1. The number of tetrazole rings is 1. The Morgan fingerprint density at radius 3 is 3.00 bits per heavy atom. The van der Waals surface area contributed by atoms with E-state index in [-0.39, 0.29) is 11.2 Å². The van der Waals surface area contributed by atoms with E-state index in [2.05, 4.69) is 25.9 Å². The number of H-pyrrole nitrogens is 1. The van der Waals surface area contributed by atoms with E-state index in [4.69, 9.17) is 4.42 Å². The van der Waals surface area contributed by atoms with Crippen molar-refractivity contribution in [1.82, 2.24) is 20.6 Å². The van der Waals surface area contributed by atoms with Gasteiger partial charge in [0.2, 0.25) is 5.82 Å². The zero-order chi connectivity index (χ0) is 14.7. The summed E-state index contributed by atoms with van der Waals surface area (Å²) in [5, 5.41) is 16.6. The van der Waals surface area contributed by atoms with Gasteiger partial charge in [0.1, 0.15) is 11.9 Å². The maximum absolute atomic E-state index is 12.2. The van der Waals surface area contributed by atoms with Gasteiger partial charge in [0.15, 0.2) is 11.2 Å². The minimum absolute atomic E-state index is 0.193. The standard InChI is InChI=1S/C13H11N5O3/c19-5-1-4-14-8-2-3-11-9(6-8)10(20)7-12(21-11)13-15-17-18-16-13/h2-3,5-7,14H,1,4H2,(H,15,16,17,18). The van der Waals surface area contributed by atoms with E-state index in [0.29, 0.717) is 29.8 Å². The van der Waals surface area contributed by atoms with Crippen LogP contribution in [-0.4, -0.2) is 33.5 Å². The molecule has 2 N–H and O–H groups in total. The molecule has 0 aliphatic rings. The van der Waals surface area contributed by atoms with E-state index >= 15 is 0 Å². The molecule has 3 aromatic rings. The Kier molecular flexibility index (Phi) is 3.42. The Morgan fingerprint density at radius 2 is 2.24 bits per heavy atom. The van der Waals surface area contributed by atoms with Gasteiger partial charge in [0, 0.05) is 24.7 Å². The molecule has 0 aliphatic heterocycles. The van der Waals surface area contributed by atoms with Gasteiger partial charge in [-0.1, -0.05) is 0 Å². The van der Waals surface area contributed by atoms with Gasteiger partial charge in [-0.25, -0.2) is 5.10 Å². The highest BCUT2D eigenvalue weighted by Crippen LogP contribution is 2.21. The molecule has 8 heteroatoms. The summed E-state index contributed by atoms with van der Waals surface area (Å²) in [5.74, 6) is 0.571. The molecule has 3 rings (SSSR count). The first-order valence-electron chi connectivity index (χ1n) is 6.27. The number of aldehydes is 1. The van der Waals surface area contributed by atoms with E-state index in [0.717, 1.165) is 12.0 Å². The van der Waals surface area contributed by atoms with Gasteiger partial charge in [-0.3, -0.25) is 4.79 Å². The van der Waals surface area contributed by atoms with Crippen LogP contribution < -0.4 is 10.7 Å². The number of rotatable bonds is 5. The monoisotopic (exact) mass is 285 g/mol. The van der Waals surface area contributed by atoms with Crippen LogP contribution in [0.25, 0.3) is 22.6 Å². The van der Waals surface area contributed by atoms with E-state index in [1.54, 1.807) is 18.2 Å². The average Bonchev–Trinajstić information content (AvgIpc) is 3.02. The second-order valence-electron chi connectivity index (χ2n) is 4.32. The summed E-state index contributed by atoms with van der Waals surface area (Å²) < 4.78 is 5.61. The molecule has 8 nitrogen and oxygen atoms in total. The van der Waals surface area contributed by atoms with Gasteiger partial charge >= 0.3 is 0 Å². The molecule has 0 aliphatic carbocycles. The smallest absolute Gasteiger partial charge is 0.215 e. The second-order valence-corrected chi connectivity index (χ2v) is 4.32. The normalized spacial score (nSPS) is 10.7. The largest absolute Gasteiger partial charge is 0.452 e. The fourth-order valence-corrected chi connectivity index (χ4v) is 1.92. The summed E-state index contributed by atoms with van der Waals surface area (Å²) in [7, 11) is 0. The number of fused-ring (bicyclic) bond motifs is 1. The van der Waals surface area contributed by atoms with Crippen LogP contribution in [0.3, 0.4) is 0 Å². The number of aromatic nitrogens is 4. The quantitative estimate of drug-likeness (QED) is 0.530. The molecule has 0 radical (unpaired) electrons. The van der Waals surface area contributed by atoms with Crippen LogP contribution in [-0.2, 0) is 4.79 Å². The van der Waals surface area contributed by atoms with Crippen molar-refractivity contribution in [2.24, 2.45) is 0 Å². The van der Waals surface area contributed by atoms with E-state index in [9.17, 15) is 9.59 Å². The molecule has 1 aromatic carbocycles. The molecule has 0 saturated carbocycles. The van der Waals surface area contributed by atoms with Crippen LogP contribution in [0.15, 0.2) is 33.5 Å². The van der Waals surface area contributed by atoms with Crippen LogP contribution in [0, 0.1) is 0 Å². The maximum atomic E-state index is 12.2. The fourth-order valence-electron chi connectivity index (χ4n) is 1.92. The highest BCUT2D eigenvalue weighted by molar-refractivity contribution is 5.81. The van der Waals surface area contributed by atoms with Crippen molar-refractivity contribution in [3.8, 4) is 11.6 Å². The Labute approximate surface area is 118 Å². The lowest BCUT2D eigenvalue weighted by atomic mass is 10.2. The fraction of sp³-hybridized carbons (Fsp3) is 0.154. The van der Waals surface area contributed by atoms with Gasteiger partial charge in [0.25, 0.3) is 0 Å². The van der Waals surface area contributed by atoms with Gasteiger partial charge in [-0.05, 0) is 28.6 Å². The summed E-state index contributed by atoms with van der Waals surface area (Å²) in [4.78, 5) is 22.4. The number of carbonyl (C=O) groups excluding carboxylic acids is 1. The van der Waals surface area contributed by atoms with Crippen LogP contribution in [0.2, 0.25) is 0 Å². The third-order valence-corrected chi connectivity index (χ3v) is 2.90. The van der Waals surface area contributed by atoms with Crippen LogP contribution in [0.1, 0.15) is 6.42 Å². The molecule has 0 fully saturated rings. The van der Waals surface area contributed by atoms with Crippen molar-refractivity contribution in [1.29, 1.82) is 0 Å². The maximum Gasteiger partial charge on any atom is 0.215 e. The van der Waals surface area contributed by atoms with Crippen molar-refractivity contribution in [2.75, 3.05) is 11.9 Å². The van der Waals surface area contributed by atoms with E-state index in [1.807, 2.05) is 0 Å². The van der Waals surface area contributed by atoms with Crippen LogP contribution in [0.4, 0.5) is 5.69 Å². The summed E-state index contributed by atoms with van der Waals surface area (Å²) >= 11 is 0. The van der Waals surface area contributed by atoms with E-state index < -0.39 is 0 Å². The van der Waals surface area contributed by atoms with E-state index in [1.165, 1.54) is 6.07 Å². The second kappa shape index (κ2) is 5.53. The molecule has 0 atom stereocenters. The Balaban J connectivity index is 1.99. The Bertz CT molecular complexity index is 825. The minimum atomic E-state index is -0.193. The number of hydrogen-bond acceptors (Lipinski definition) is 7. The first-order chi connectivity index (χ1) is 10.3. The number of carbonyl (C=O) groups is 1. The molecule has 0 bridgehead atoms. The van der Waals surface area contributed by atoms with Gasteiger partial charge in [0.05, 0.1) is 5.39 Å². The molecule has 0 spiro atoms. The lowest BCUT2D eigenvalue weighted by Gasteiger charge is -2.05.